The first-order valence-corrected chi connectivity index (χ1v) is 6.62. The Kier molecular flexibility index (Phi) is 26.3. The van der Waals surface area contributed by atoms with E-state index in [0.717, 1.165) is 0 Å². The molecule has 117 valence electrons. The predicted molar refractivity (Wildman–Crippen MR) is 69.0 cm³/mol. The average Bonchev–Trinajstić information content (AvgIpc) is 2.16. The first-order valence-electron chi connectivity index (χ1n) is 6.62. The zero-order valence-corrected chi connectivity index (χ0v) is 15.0. The number of hydrogen-bond acceptors (Lipinski definition) is 5. The molecule has 0 spiro atoms. The van der Waals surface area contributed by atoms with E-state index in [0.29, 0.717) is 12.8 Å². The number of carboxylic acid groups (broad SMARTS) is 1. The van der Waals surface area contributed by atoms with Crippen LogP contribution in [-0.4, -0.2) is 24.0 Å². The molecule has 0 atom stereocenters. The summed E-state index contributed by atoms with van der Waals surface area (Å²) < 4.78 is 0. The molecule has 0 heterocycles. The SMILES string of the molecule is CC(C)[O-].CC(C)[O-].CCC(CC)C(=O)CC(=O)[O-].[Ti+3]. The quantitative estimate of drug-likeness (QED) is 0.508. The van der Waals surface area contributed by atoms with E-state index >= 15 is 0 Å². The molecular weight excluding hydrogens is 296 g/mol. The molecule has 0 saturated heterocycles. The predicted octanol–water partition coefficient (Wildman–Crippen LogP) is -0.361. The average molecular weight is 323 g/mol. The van der Waals surface area contributed by atoms with Gasteiger partial charge >= 0.3 is 21.7 Å². The summed E-state index contributed by atoms with van der Waals surface area (Å²) in [7, 11) is 0. The number of carbonyl (C=O) groups excluding carboxylic acids is 2. The first-order chi connectivity index (χ1) is 8.58. The smallest absolute Gasteiger partial charge is 0.852 e. The molecule has 0 aliphatic rings. The number of Topliss-reactive ketones (excluding diaryl/α,β-unsaturated/α-hetero) is 1. The Balaban J connectivity index is -0.000000119. The Morgan fingerprint density at radius 3 is 1.30 bits per heavy atom. The second-order valence-corrected chi connectivity index (χ2v) is 4.63. The van der Waals surface area contributed by atoms with Crippen LogP contribution in [0.3, 0.4) is 0 Å². The molecule has 6 heteroatoms. The summed E-state index contributed by atoms with van der Waals surface area (Å²) in [4.78, 5) is 21.0. The molecule has 0 N–H and O–H groups in total. The summed E-state index contributed by atoms with van der Waals surface area (Å²) in [5.41, 5.74) is 0. The van der Waals surface area contributed by atoms with Crippen molar-refractivity contribution in [2.24, 2.45) is 5.92 Å². The van der Waals surface area contributed by atoms with Gasteiger partial charge in [-0.25, -0.2) is 0 Å². The fraction of sp³-hybridized carbons (Fsp3) is 0.857. The van der Waals surface area contributed by atoms with Crippen LogP contribution in [0, 0.1) is 5.92 Å². The normalized spacial score (nSPS) is 9.15. The van der Waals surface area contributed by atoms with E-state index in [4.69, 9.17) is 0 Å². The maximum absolute atomic E-state index is 11.0. The van der Waals surface area contributed by atoms with E-state index in [1.54, 1.807) is 27.7 Å². The second-order valence-electron chi connectivity index (χ2n) is 4.63. The van der Waals surface area contributed by atoms with Gasteiger partial charge in [-0.2, -0.15) is 0 Å². The zero-order chi connectivity index (χ0) is 16.0. The molecule has 0 aromatic heterocycles. The van der Waals surface area contributed by atoms with Crippen molar-refractivity contribution in [2.45, 2.75) is 73.0 Å². The van der Waals surface area contributed by atoms with Crippen molar-refractivity contribution in [3.05, 3.63) is 0 Å². The third-order valence-corrected chi connectivity index (χ3v) is 1.76. The summed E-state index contributed by atoms with van der Waals surface area (Å²) in [5.74, 6) is -1.59. The third kappa shape index (κ3) is 36.1. The second kappa shape index (κ2) is 18.8. The summed E-state index contributed by atoms with van der Waals surface area (Å²) in [6, 6.07) is 0. The first kappa shape index (κ1) is 28.0. The van der Waals surface area contributed by atoms with Gasteiger partial charge in [-0.1, -0.05) is 41.5 Å². The van der Waals surface area contributed by atoms with Crippen LogP contribution in [0.5, 0.6) is 0 Å². The Morgan fingerprint density at radius 2 is 1.15 bits per heavy atom. The van der Waals surface area contributed by atoms with Crippen LogP contribution in [0.25, 0.3) is 0 Å². The van der Waals surface area contributed by atoms with Crippen LogP contribution in [0.15, 0.2) is 0 Å². The van der Waals surface area contributed by atoms with E-state index in [-0.39, 0.29) is 33.4 Å². The van der Waals surface area contributed by atoms with Crippen molar-refractivity contribution >= 4 is 11.8 Å². The molecule has 0 saturated carbocycles. The molecule has 5 nitrogen and oxygen atoms in total. The molecule has 0 aromatic carbocycles. The number of carboxylic acids is 1. The Hall–Kier alpha value is -0.226. The molecule has 0 amide bonds. The van der Waals surface area contributed by atoms with Gasteiger partial charge in [0.15, 0.2) is 0 Å². The molecule has 1 radical (unpaired) electrons. The van der Waals surface area contributed by atoms with Gasteiger partial charge in [-0.3, -0.25) is 4.79 Å². The van der Waals surface area contributed by atoms with Crippen LogP contribution in [-0.2, 0) is 31.3 Å². The molecule has 0 rings (SSSR count). The Labute approximate surface area is 137 Å². The van der Waals surface area contributed by atoms with Gasteiger partial charge in [0.2, 0.25) is 0 Å². The van der Waals surface area contributed by atoms with E-state index < -0.39 is 24.6 Å². The minimum atomic E-state index is -1.28. The van der Waals surface area contributed by atoms with Gasteiger partial charge < -0.3 is 20.1 Å². The minimum Gasteiger partial charge on any atom is -0.852 e. The van der Waals surface area contributed by atoms with Crippen LogP contribution in [0.2, 0.25) is 0 Å². The molecule has 0 fully saturated rings. The van der Waals surface area contributed by atoms with Crippen molar-refractivity contribution in [1.82, 2.24) is 0 Å². The van der Waals surface area contributed by atoms with Gasteiger partial charge in [0.25, 0.3) is 0 Å². The number of hydrogen-bond donors (Lipinski definition) is 0. The van der Waals surface area contributed by atoms with Crippen LogP contribution < -0.4 is 15.3 Å². The van der Waals surface area contributed by atoms with Crippen LogP contribution in [0.1, 0.15) is 60.8 Å². The standard InChI is InChI=1S/C8H14O3.2C3H7O.Ti/c1-3-6(4-2)7(9)5-8(10)11;2*1-3(2)4;/h6H,3-5H2,1-2H3,(H,10,11);2*3H,1-2H3;/q;2*-1;+3/p-1. The summed E-state index contributed by atoms with van der Waals surface area (Å²) in [5, 5.41) is 29.1. The van der Waals surface area contributed by atoms with Crippen LogP contribution >= 0.6 is 0 Å². The van der Waals surface area contributed by atoms with E-state index in [9.17, 15) is 24.9 Å². The topological polar surface area (TPSA) is 103 Å². The number of rotatable bonds is 5. The van der Waals surface area contributed by atoms with E-state index in [2.05, 4.69) is 0 Å². The molecule has 0 aromatic rings. The molecule has 0 aliphatic carbocycles. The summed E-state index contributed by atoms with van der Waals surface area (Å²) in [6.07, 6.45) is 0.150. The maximum atomic E-state index is 11.0. The maximum Gasteiger partial charge on any atom is 3.00 e. The molecule has 20 heavy (non-hydrogen) atoms. The molecule has 0 unspecified atom stereocenters. The van der Waals surface area contributed by atoms with Gasteiger partial charge in [-0.05, 0) is 12.8 Å². The third-order valence-electron chi connectivity index (χ3n) is 1.76. The Bertz CT molecular complexity index is 214. The van der Waals surface area contributed by atoms with Crippen molar-refractivity contribution in [3.63, 3.8) is 0 Å². The van der Waals surface area contributed by atoms with Crippen LogP contribution in [0.4, 0.5) is 0 Å². The number of aliphatic carboxylic acids is 1. The minimum absolute atomic E-state index is 0. The van der Waals surface area contributed by atoms with E-state index in [1.165, 1.54) is 0 Å². The van der Waals surface area contributed by atoms with E-state index in [1.807, 2.05) is 13.8 Å². The summed E-state index contributed by atoms with van der Waals surface area (Å²) in [6.45, 7) is 10.2. The fourth-order valence-electron chi connectivity index (χ4n) is 1.03. The van der Waals surface area contributed by atoms with Crippen molar-refractivity contribution < 1.29 is 46.6 Å². The van der Waals surface area contributed by atoms with Gasteiger partial charge in [-0.15, -0.1) is 12.2 Å². The van der Waals surface area contributed by atoms with Gasteiger partial charge in [0, 0.05) is 18.3 Å². The zero-order valence-electron chi connectivity index (χ0n) is 13.4. The number of ketones is 1. The molecule has 0 bridgehead atoms. The van der Waals surface area contributed by atoms with Gasteiger partial charge in [0.05, 0.1) is 0 Å². The van der Waals surface area contributed by atoms with Crippen molar-refractivity contribution in [2.75, 3.05) is 0 Å². The fourth-order valence-corrected chi connectivity index (χ4v) is 1.03. The number of carbonyl (C=O) groups is 2. The largest absolute Gasteiger partial charge is 3.00 e. The van der Waals surface area contributed by atoms with Gasteiger partial charge in [0.1, 0.15) is 5.78 Å². The Morgan fingerprint density at radius 1 is 0.900 bits per heavy atom. The monoisotopic (exact) mass is 323 g/mol. The molecule has 0 aliphatic heterocycles. The van der Waals surface area contributed by atoms with Crippen molar-refractivity contribution in [3.8, 4) is 0 Å². The molecular formula is C14H27O5Ti. The van der Waals surface area contributed by atoms with Crippen molar-refractivity contribution in [1.29, 1.82) is 0 Å². The summed E-state index contributed by atoms with van der Waals surface area (Å²) >= 11 is 0.